The molecule has 0 aromatic carbocycles. The smallest absolute Gasteiger partial charge is 0.358 e. The van der Waals surface area contributed by atoms with Gasteiger partial charge in [-0.15, -0.1) is 0 Å². The minimum Gasteiger partial charge on any atom is -0.358 e. The zero-order valence-electron chi connectivity index (χ0n) is 6.95. The second kappa shape index (κ2) is 4.27. The number of hydrogen-bond acceptors (Lipinski definition) is 4. The van der Waals surface area contributed by atoms with Crippen LogP contribution in [0.3, 0.4) is 0 Å². The van der Waals surface area contributed by atoms with Crippen molar-refractivity contribution in [3.63, 3.8) is 0 Å². The summed E-state index contributed by atoms with van der Waals surface area (Å²) in [4.78, 5) is 12.8. The Morgan fingerprint density at radius 2 is 2.27 bits per heavy atom. The molecule has 0 spiro atoms. The van der Waals surface area contributed by atoms with E-state index >= 15 is 0 Å². The van der Waals surface area contributed by atoms with Crippen molar-refractivity contribution >= 4 is 21.7 Å². The number of nitrogens with zero attached hydrogens (tertiary/aromatic N) is 3. The first-order chi connectivity index (χ1) is 6.99. The van der Waals surface area contributed by atoms with Crippen LogP contribution < -0.4 is 0 Å². The number of halogens is 3. The van der Waals surface area contributed by atoms with Crippen molar-refractivity contribution in [1.29, 1.82) is 5.26 Å². The molecule has 1 aromatic heterocycles. The van der Waals surface area contributed by atoms with Crippen LogP contribution in [0, 0.1) is 21.4 Å². The van der Waals surface area contributed by atoms with Gasteiger partial charge in [-0.2, -0.15) is 5.26 Å². The van der Waals surface area contributed by atoms with Gasteiger partial charge >= 0.3 is 5.82 Å². The number of nitro groups is 1. The van der Waals surface area contributed by atoms with Gasteiger partial charge in [-0.25, -0.2) is 8.78 Å². The molecule has 0 saturated heterocycles. The standard InChI is InChI=1S/C7H2BrF2N3O2/c8-5-4(6(9)10)3(1-11)2-12-7(5)13(14)15/h2,6H. The first-order valence-corrected chi connectivity index (χ1v) is 4.29. The third-order valence-corrected chi connectivity index (χ3v) is 2.33. The Kier molecular flexibility index (Phi) is 3.26. The molecule has 0 unspecified atom stereocenters. The van der Waals surface area contributed by atoms with Crippen LogP contribution in [0.25, 0.3) is 0 Å². The molecule has 0 aliphatic carbocycles. The van der Waals surface area contributed by atoms with Gasteiger partial charge in [-0.3, -0.25) is 0 Å². The Hall–Kier alpha value is -1.62. The van der Waals surface area contributed by atoms with E-state index < -0.39 is 27.2 Å². The Morgan fingerprint density at radius 1 is 1.67 bits per heavy atom. The number of pyridine rings is 1. The monoisotopic (exact) mass is 277 g/mol. The third kappa shape index (κ3) is 2.07. The lowest BCUT2D eigenvalue weighted by atomic mass is 10.1. The summed E-state index contributed by atoms with van der Waals surface area (Å²) in [7, 11) is 0. The molecule has 78 valence electrons. The molecule has 1 rings (SSSR count). The fourth-order valence-electron chi connectivity index (χ4n) is 0.920. The van der Waals surface area contributed by atoms with E-state index in [0.717, 1.165) is 6.20 Å². The molecule has 0 aliphatic rings. The molecule has 15 heavy (non-hydrogen) atoms. The van der Waals surface area contributed by atoms with Gasteiger partial charge < -0.3 is 10.1 Å². The van der Waals surface area contributed by atoms with Crippen LogP contribution in [0.1, 0.15) is 17.6 Å². The molecular formula is C7H2BrF2N3O2. The molecule has 5 nitrogen and oxygen atoms in total. The summed E-state index contributed by atoms with van der Waals surface area (Å²) in [5, 5.41) is 18.9. The van der Waals surface area contributed by atoms with E-state index in [2.05, 4.69) is 20.9 Å². The van der Waals surface area contributed by atoms with Gasteiger partial charge in [-0.05, 0) is 25.8 Å². The van der Waals surface area contributed by atoms with E-state index in [-0.39, 0.29) is 5.56 Å². The van der Waals surface area contributed by atoms with Crippen molar-refractivity contribution in [1.82, 2.24) is 4.98 Å². The summed E-state index contributed by atoms with van der Waals surface area (Å²) in [6.07, 6.45) is -2.22. The normalized spacial score (nSPS) is 10.1. The SMILES string of the molecule is N#Cc1cnc([N+](=O)[O-])c(Br)c1C(F)F. The summed E-state index contributed by atoms with van der Waals surface area (Å²) in [5.74, 6) is -0.732. The molecular weight excluding hydrogens is 276 g/mol. The predicted octanol–water partition coefficient (Wildman–Crippen LogP) is 2.56. The second-order valence-electron chi connectivity index (χ2n) is 2.39. The fraction of sp³-hybridized carbons (Fsp3) is 0.143. The van der Waals surface area contributed by atoms with E-state index in [1.54, 1.807) is 0 Å². The maximum absolute atomic E-state index is 12.5. The van der Waals surface area contributed by atoms with Crippen LogP contribution in [-0.2, 0) is 0 Å². The quantitative estimate of drug-likeness (QED) is 0.615. The van der Waals surface area contributed by atoms with Crippen LogP contribution in [0.2, 0.25) is 0 Å². The average molecular weight is 278 g/mol. The Bertz CT molecular complexity index is 458. The molecule has 0 saturated carbocycles. The van der Waals surface area contributed by atoms with Crippen molar-refractivity contribution in [2.24, 2.45) is 0 Å². The van der Waals surface area contributed by atoms with E-state index in [4.69, 9.17) is 5.26 Å². The van der Waals surface area contributed by atoms with Gasteiger partial charge in [0.1, 0.15) is 16.1 Å². The Balaban J connectivity index is 3.51. The summed E-state index contributed by atoms with van der Waals surface area (Å²) in [6.45, 7) is 0. The minimum atomic E-state index is -2.98. The van der Waals surface area contributed by atoms with Crippen LogP contribution in [0.4, 0.5) is 14.6 Å². The predicted molar refractivity (Wildman–Crippen MR) is 48.3 cm³/mol. The van der Waals surface area contributed by atoms with Crippen molar-refractivity contribution in [3.05, 3.63) is 31.9 Å². The lowest BCUT2D eigenvalue weighted by molar-refractivity contribution is -0.390. The van der Waals surface area contributed by atoms with Crippen LogP contribution >= 0.6 is 15.9 Å². The number of rotatable bonds is 2. The highest BCUT2D eigenvalue weighted by molar-refractivity contribution is 9.10. The fourth-order valence-corrected chi connectivity index (χ4v) is 1.55. The minimum absolute atomic E-state index is 0.387. The van der Waals surface area contributed by atoms with Crippen molar-refractivity contribution in [3.8, 4) is 6.07 Å². The first kappa shape index (κ1) is 11.5. The van der Waals surface area contributed by atoms with Crippen LogP contribution in [-0.4, -0.2) is 9.91 Å². The van der Waals surface area contributed by atoms with Crippen molar-refractivity contribution in [2.45, 2.75) is 6.43 Å². The first-order valence-electron chi connectivity index (χ1n) is 3.50. The zero-order chi connectivity index (χ0) is 11.6. The van der Waals surface area contributed by atoms with Gasteiger partial charge in [0.15, 0.2) is 6.20 Å². The van der Waals surface area contributed by atoms with Gasteiger partial charge in [0.25, 0.3) is 6.43 Å². The molecule has 0 bridgehead atoms. The maximum atomic E-state index is 12.5. The molecule has 1 aromatic rings. The Morgan fingerprint density at radius 3 is 2.67 bits per heavy atom. The lowest BCUT2D eigenvalue weighted by Crippen LogP contribution is -2.00. The van der Waals surface area contributed by atoms with Gasteiger partial charge in [-0.1, -0.05) is 0 Å². The lowest BCUT2D eigenvalue weighted by Gasteiger charge is -2.03. The summed E-state index contributed by atoms with van der Waals surface area (Å²) < 4.78 is 24.5. The van der Waals surface area contributed by atoms with Gasteiger partial charge in [0.05, 0.1) is 5.56 Å². The third-order valence-electron chi connectivity index (χ3n) is 1.55. The summed E-state index contributed by atoms with van der Waals surface area (Å²) in [5.41, 5.74) is -1.10. The molecule has 8 heteroatoms. The van der Waals surface area contributed by atoms with Crippen LogP contribution in [0.5, 0.6) is 0 Å². The highest BCUT2D eigenvalue weighted by atomic mass is 79.9. The van der Waals surface area contributed by atoms with E-state index in [0.29, 0.717) is 0 Å². The number of hydrogen-bond donors (Lipinski definition) is 0. The maximum Gasteiger partial charge on any atom is 0.378 e. The zero-order valence-corrected chi connectivity index (χ0v) is 8.53. The molecule has 0 amide bonds. The molecule has 0 aliphatic heterocycles. The molecule has 0 radical (unpaired) electrons. The molecule has 1 heterocycles. The Labute approximate surface area is 90.6 Å². The van der Waals surface area contributed by atoms with Crippen molar-refractivity contribution in [2.75, 3.05) is 0 Å². The van der Waals surface area contributed by atoms with Crippen molar-refractivity contribution < 1.29 is 13.7 Å². The highest BCUT2D eigenvalue weighted by Crippen LogP contribution is 2.34. The van der Waals surface area contributed by atoms with E-state index in [1.807, 2.05) is 0 Å². The number of aromatic nitrogens is 1. The molecule has 0 N–H and O–H groups in total. The van der Waals surface area contributed by atoms with Crippen LogP contribution in [0.15, 0.2) is 10.7 Å². The topological polar surface area (TPSA) is 79.8 Å². The highest BCUT2D eigenvalue weighted by Gasteiger charge is 2.26. The van der Waals surface area contributed by atoms with Gasteiger partial charge in [0, 0.05) is 0 Å². The largest absolute Gasteiger partial charge is 0.378 e. The number of alkyl halides is 2. The molecule has 0 atom stereocenters. The van der Waals surface area contributed by atoms with Gasteiger partial charge in [0.2, 0.25) is 0 Å². The summed E-state index contributed by atoms with van der Waals surface area (Å²) in [6, 6.07) is 1.49. The van der Waals surface area contributed by atoms with E-state index in [1.165, 1.54) is 6.07 Å². The molecule has 0 fully saturated rings. The summed E-state index contributed by atoms with van der Waals surface area (Å²) >= 11 is 2.64. The number of nitriles is 1. The average Bonchev–Trinajstić information content (AvgIpc) is 2.15. The van der Waals surface area contributed by atoms with E-state index in [9.17, 15) is 18.9 Å². The second-order valence-corrected chi connectivity index (χ2v) is 3.19.